The fourth-order valence-electron chi connectivity index (χ4n) is 3.87. The molecule has 0 aliphatic heterocycles. The molecule has 0 spiro atoms. The quantitative estimate of drug-likeness (QED) is 0.327. The van der Waals surface area contributed by atoms with E-state index in [-0.39, 0.29) is 0 Å². The summed E-state index contributed by atoms with van der Waals surface area (Å²) in [5.41, 5.74) is 5.41. The lowest BCUT2D eigenvalue weighted by atomic mass is 10.0. The predicted molar refractivity (Wildman–Crippen MR) is 128 cm³/mol. The highest BCUT2D eigenvalue weighted by atomic mass is 32.2. The highest BCUT2D eigenvalue weighted by Crippen LogP contribution is 2.38. The molecule has 4 aromatic rings. The number of hydrogen-bond donors (Lipinski definition) is 0. The second-order valence-electron chi connectivity index (χ2n) is 7.82. The summed E-state index contributed by atoms with van der Waals surface area (Å²) in [5, 5.41) is 0. The Bertz CT molecular complexity index is 1260. The van der Waals surface area contributed by atoms with Crippen molar-refractivity contribution in [1.29, 1.82) is 0 Å². The molecule has 1 heterocycles. The van der Waals surface area contributed by atoms with Gasteiger partial charge in [0.05, 0.1) is 10.6 Å². The predicted octanol–water partition coefficient (Wildman–Crippen LogP) is 6.71. The van der Waals surface area contributed by atoms with Gasteiger partial charge in [0.1, 0.15) is 0 Å². The van der Waals surface area contributed by atoms with Crippen molar-refractivity contribution < 1.29 is 8.42 Å². The summed E-state index contributed by atoms with van der Waals surface area (Å²) in [7, 11) is -3.77. The summed E-state index contributed by atoms with van der Waals surface area (Å²) >= 11 is 0. The normalized spacial score (nSPS) is 11.5. The summed E-state index contributed by atoms with van der Waals surface area (Å²) in [6.45, 7) is 4.08. The van der Waals surface area contributed by atoms with Crippen molar-refractivity contribution >= 4 is 10.0 Å². The van der Waals surface area contributed by atoms with Crippen molar-refractivity contribution in [2.75, 3.05) is 0 Å². The third kappa shape index (κ3) is 4.21. The third-order valence-electron chi connectivity index (χ3n) is 5.51. The average molecular weight is 430 g/mol. The van der Waals surface area contributed by atoms with Gasteiger partial charge in [0.15, 0.2) is 0 Å². The first-order valence-corrected chi connectivity index (χ1v) is 12.1. The molecule has 31 heavy (non-hydrogen) atoms. The van der Waals surface area contributed by atoms with E-state index < -0.39 is 10.0 Å². The van der Waals surface area contributed by atoms with Crippen LogP contribution in [0, 0.1) is 6.92 Å². The maximum Gasteiger partial charge on any atom is 0.268 e. The number of nitrogens with zero attached hydrogens (tertiary/aromatic N) is 1. The van der Waals surface area contributed by atoms with Crippen LogP contribution >= 0.6 is 0 Å². The molecule has 0 bridgehead atoms. The van der Waals surface area contributed by atoms with Gasteiger partial charge in [-0.15, -0.1) is 0 Å². The van der Waals surface area contributed by atoms with E-state index in [2.05, 4.69) is 13.0 Å². The molecule has 0 aliphatic carbocycles. The minimum absolute atomic E-state index is 0.309. The van der Waals surface area contributed by atoms with E-state index in [0.29, 0.717) is 11.3 Å². The van der Waals surface area contributed by atoms with E-state index in [1.54, 1.807) is 16.1 Å². The van der Waals surface area contributed by atoms with Gasteiger partial charge < -0.3 is 0 Å². The Morgan fingerprint density at radius 1 is 0.774 bits per heavy atom. The Morgan fingerprint density at radius 3 is 1.94 bits per heavy atom. The largest absolute Gasteiger partial charge is 0.268 e. The number of rotatable bonds is 7. The highest BCUT2D eigenvalue weighted by molar-refractivity contribution is 7.90. The zero-order valence-corrected chi connectivity index (χ0v) is 18.8. The lowest BCUT2D eigenvalue weighted by Crippen LogP contribution is -2.17. The molecule has 3 nitrogen and oxygen atoms in total. The van der Waals surface area contributed by atoms with Crippen LogP contribution in [0.15, 0.2) is 95.9 Å². The SMILES string of the molecule is CCCCc1cc(-c2ccccc2)c(-c2ccccc2)n1S(=O)(=O)c1ccc(C)cc1. The molecule has 0 amide bonds. The van der Waals surface area contributed by atoms with Crippen molar-refractivity contribution in [2.45, 2.75) is 38.0 Å². The van der Waals surface area contributed by atoms with E-state index >= 15 is 0 Å². The third-order valence-corrected chi connectivity index (χ3v) is 7.27. The number of aryl methyl sites for hydroxylation is 2. The van der Waals surface area contributed by atoms with Crippen LogP contribution in [0.4, 0.5) is 0 Å². The summed E-state index contributed by atoms with van der Waals surface area (Å²) in [6, 6.07) is 29.0. The van der Waals surface area contributed by atoms with Gasteiger partial charge in [-0.25, -0.2) is 12.4 Å². The zero-order valence-electron chi connectivity index (χ0n) is 18.0. The monoisotopic (exact) mass is 429 g/mol. The van der Waals surface area contributed by atoms with Crippen LogP contribution in [-0.2, 0) is 16.4 Å². The summed E-state index contributed by atoms with van der Waals surface area (Å²) in [6.07, 6.45) is 2.63. The Balaban J connectivity index is 2.04. The van der Waals surface area contributed by atoms with E-state index in [1.807, 2.05) is 79.7 Å². The van der Waals surface area contributed by atoms with Crippen molar-refractivity contribution in [2.24, 2.45) is 0 Å². The molecule has 4 rings (SSSR count). The second kappa shape index (κ2) is 8.94. The molecule has 0 saturated heterocycles. The maximum absolute atomic E-state index is 13.9. The van der Waals surface area contributed by atoms with Gasteiger partial charge >= 0.3 is 0 Å². The van der Waals surface area contributed by atoms with Crippen LogP contribution in [-0.4, -0.2) is 12.4 Å². The number of benzene rings is 3. The molecular weight excluding hydrogens is 402 g/mol. The summed E-state index contributed by atoms with van der Waals surface area (Å²) < 4.78 is 29.4. The van der Waals surface area contributed by atoms with Crippen LogP contribution in [0.5, 0.6) is 0 Å². The van der Waals surface area contributed by atoms with E-state index in [0.717, 1.165) is 46.5 Å². The van der Waals surface area contributed by atoms with E-state index in [9.17, 15) is 8.42 Å². The highest BCUT2D eigenvalue weighted by Gasteiger charge is 2.27. The minimum atomic E-state index is -3.77. The van der Waals surface area contributed by atoms with Crippen LogP contribution in [0.1, 0.15) is 31.0 Å². The molecule has 3 aromatic carbocycles. The number of unbranched alkanes of at least 4 members (excludes halogenated alkanes) is 1. The van der Waals surface area contributed by atoms with E-state index in [4.69, 9.17) is 0 Å². The number of hydrogen-bond acceptors (Lipinski definition) is 2. The Hall–Kier alpha value is -3.11. The Kier molecular flexibility index (Phi) is 6.10. The lowest BCUT2D eigenvalue weighted by Gasteiger charge is -2.16. The first kappa shape index (κ1) is 21.1. The fourth-order valence-corrected chi connectivity index (χ4v) is 5.46. The van der Waals surface area contributed by atoms with Gasteiger partial charge in [0.25, 0.3) is 10.0 Å². The van der Waals surface area contributed by atoms with Crippen molar-refractivity contribution in [1.82, 2.24) is 3.97 Å². The van der Waals surface area contributed by atoms with Crippen LogP contribution in [0.2, 0.25) is 0 Å². The maximum atomic E-state index is 13.9. The van der Waals surface area contributed by atoms with E-state index in [1.165, 1.54) is 0 Å². The number of aromatic nitrogens is 1. The topological polar surface area (TPSA) is 39.1 Å². The lowest BCUT2D eigenvalue weighted by molar-refractivity contribution is 0.585. The second-order valence-corrected chi connectivity index (χ2v) is 9.60. The first-order valence-electron chi connectivity index (χ1n) is 10.7. The molecule has 0 fully saturated rings. The van der Waals surface area contributed by atoms with Crippen LogP contribution in [0.3, 0.4) is 0 Å². The molecule has 0 saturated carbocycles. The van der Waals surface area contributed by atoms with Crippen LogP contribution < -0.4 is 0 Å². The minimum Gasteiger partial charge on any atom is -0.237 e. The van der Waals surface area contributed by atoms with Crippen molar-refractivity contribution in [3.05, 3.63) is 102 Å². The summed E-state index contributed by atoms with van der Waals surface area (Å²) in [5.74, 6) is 0. The molecule has 4 heteroatoms. The van der Waals surface area contributed by atoms with Gasteiger partial charge in [-0.3, -0.25) is 0 Å². The van der Waals surface area contributed by atoms with Gasteiger partial charge in [0, 0.05) is 11.3 Å². The van der Waals surface area contributed by atoms with Gasteiger partial charge in [-0.05, 0) is 49.1 Å². The smallest absolute Gasteiger partial charge is 0.237 e. The molecule has 0 unspecified atom stereocenters. The zero-order chi connectivity index (χ0) is 21.8. The molecule has 1 aromatic heterocycles. The average Bonchev–Trinajstić information content (AvgIpc) is 3.19. The molecular formula is C27H27NO2S. The summed E-state index contributed by atoms with van der Waals surface area (Å²) in [4.78, 5) is 0.309. The molecule has 0 aliphatic rings. The van der Waals surface area contributed by atoms with Gasteiger partial charge in [0.2, 0.25) is 0 Å². The first-order chi connectivity index (χ1) is 15.0. The molecule has 0 N–H and O–H groups in total. The Morgan fingerprint density at radius 2 is 1.35 bits per heavy atom. The van der Waals surface area contributed by atoms with Crippen LogP contribution in [0.25, 0.3) is 22.4 Å². The van der Waals surface area contributed by atoms with Gasteiger partial charge in [-0.2, -0.15) is 0 Å². The van der Waals surface area contributed by atoms with Crippen molar-refractivity contribution in [3.8, 4) is 22.4 Å². The molecule has 0 radical (unpaired) electrons. The van der Waals surface area contributed by atoms with Crippen molar-refractivity contribution in [3.63, 3.8) is 0 Å². The van der Waals surface area contributed by atoms with Gasteiger partial charge in [-0.1, -0.05) is 91.7 Å². The standard InChI is InChI=1S/C27H27NO2S/c1-3-4-15-24-20-26(22-11-7-5-8-12-22)27(23-13-9-6-10-14-23)28(24)31(29,30)25-18-16-21(2)17-19-25/h5-14,16-20H,3-4,15H2,1-2H3. The Labute approximate surface area is 185 Å². The molecule has 0 atom stereocenters. The fraction of sp³-hybridized carbons (Fsp3) is 0.185. The molecule has 158 valence electrons.